The number of aliphatic hydroxyl groups is 1. The second-order valence-corrected chi connectivity index (χ2v) is 6.90. The Kier molecular flexibility index (Phi) is 6.30. The Balaban J connectivity index is 1.69. The van der Waals surface area contributed by atoms with Gasteiger partial charge in [0.15, 0.2) is 0 Å². The number of nitrogens with zero attached hydrogens (tertiary/aromatic N) is 2. The van der Waals surface area contributed by atoms with Crippen LogP contribution in [0.25, 0.3) is 0 Å². The maximum Gasteiger partial charge on any atom is 0.317 e. The Morgan fingerprint density at radius 3 is 2.52 bits per heavy atom. The highest BCUT2D eigenvalue weighted by Crippen LogP contribution is 2.19. The van der Waals surface area contributed by atoms with Gasteiger partial charge in [-0.15, -0.1) is 0 Å². The maximum absolute atomic E-state index is 12.2. The van der Waals surface area contributed by atoms with E-state index in [4.69, 9.17) is 5.11 Å². The Hall–Kier alpha value is -0.810. The number of aliphatic hydroxyl groups excluding tert-OH is 1. The van der Waals surface area contributed by atoms with E-state index in [1.54, 1.807) is 0 Å². The lowest BCUT2D eigenvalue weighted by Crippen LogP contribution is -2.48. The molecule has 2 aliphatic heterocycles. The summed E-state index contributed by atoms with van der Waals surface area (Å²) in [5, 5.41) is 12.2. The largest absolute Gasteiger partial charge is 0.396 e. The Labute approximate surface area is 128 Å². The highest BCUT2D eigenvalue weighted by Gasteiger charge is 2.25. The number of likely N-dealkylation sites (tertiary alicyclic amines) is 2. The van der Waals surface area contributed by atoms with Gasteiger partial charge in [0.1, 0.15) is 0 Å². The quantitative estimate of drug-likeness (QED) is 0.827. The summed E-state index contributed by atoms with van der Waals surface area (Å²) in [4.78, 5) is 16.6. The molecule has 0 spiro atoms. The van der Waals surface area contributed by atoms with Crippen LogP contribution in [0.3, 0.4) is 0 Å². The maximum atomic E-state index is 12.2. The smallest absolute Gasteiger partial charge is 0.317 e. The van der Waals surface area contributed by atoms with Crippen molar-refractivity contribution in [2.24, 2.45) is 11.8 Å². The third kappa shape index (κ3) is 4.85. The minimum Gasteiger partial charge on any atom is -0.396 e. The van der Waals surface area contributed by atoms with Crippen LogP contribution in [-0.4, -0.2) is 66.3 Å². The molecule has 2 heterocycles. The van der Waals surface area contributed by atoms with Crippen molar-refractivity contribution in [3.05, 3.63) is 0 Å². The van der Waals surface area contributed by atoms with E-state index < -0.39 is 0 Å². The Morgan fingerprint density at radius 1 is 1.19 bits per heavy atom. The molecule has 5 nitrogen and oxygen atoms in total. The number of rotatable bonds is 4. The van der Waals surface area contributed by atoms with Crippen LogP contribution in [0.2, 0.25) is 0 Å². The fourth-order valence-electron chi connectivity index (χ4n) is 3.39. The summed E-state index contributed by atoms with van der Waals surface area (Å²) >= 11 is 0. The number of hydrogen-bond acceptors (Lipinski definition) is 3. The van der Waals surface area contributed by atoms with Gasteiger partial charge in [0, 0.05) is 38.8 Å². The van der Waals surface area contributed by atoms with Crippen molar-refractivity contribution in [1.82, 2.24) is 15.1 Å². The van der Waals surface area contributed by atoms with Crippen molar-refractivity contribution in [3.63, 3.8) is 0 Å². The molecule has 122 valence electrons. The predicted molar refractivity (Wildman–Crippen MR) is 84.2 cm³/mol. The minimum absolute atomic E-state index is 0.0769. The molecule has 5 heteroatoms. The lowest BCUT2D eigenvalue weighted by atomic mass is 9.97. The van der Waals surface area contributed by atoms with Gasteiger partial charge in [-0.1, -0.05) is 0 Å². The summed E-state index contributed by atoms with van der Waals surface area (Å²) in [6.07, 6.45) is 4.31. The number of piperidine rings is 2. The fourth-order valence-corrected chi connectivity index (χ4v) is 3.39. The highest BCUT2D eigenvalue weighted by atomic mass is 16.3. The third-order valence-electron chi connectivity index (χ3n) is 4.98. The van der Waals surface area contributed by atoms with E-state index in [1.165, 1.54) is 19.4 Å². The number of nitrogens with one attached hydrogen (secondary N) is 1. The summed E-state index contributed by atoms with van der Waals surface area (Å²) in [5.41, 5.74) is 0. The first kappa shape index (κ1) is 16.6. The van der Waals surface area contributed by atoms with Crippen LogP contribution >= 0.6 is 0 Å². The van der Waals surface area contributed by atoms with Crippen molar-refractivity contribution in [2.45, 2.75) is 45.6 Å². The van der Waals surface area contributed by atoms with E-state index in [0.29, 0.717) is 17.9 Å². The molecular formula is C16H31N3O2. The van der Waals surface area contributed by atoms with E-state index in [2.05, 4.69) is 24.1 Å². The van der Waals surface area contributed by atoms with Crippen LogP contribution < -0.4 is 5.32 Å². The van der Waals surface area contributed by atoms with Gasteiger partial charge in [-0.05, 0) is 57.9 Å². The van der Waals surface area contributed by atoms with Crippen LogP contribution in [0.1, 0.15) is 39.5 Å². The Bertz CT molecular complexity index is 327. The average molecular weight is 297 g/mol. The van der Waals surface area contributed by atoms with Crippen LogP contribution in [-0.2, 0) is 0 Å². The molecule has 0 aromatic rings. The molecule has 0 aliphatic carbocycles. The zero-order valence-electron chi connectivity index (χ0n) is 13.6. The molecule has 21 heavy (non-hydrogen) atoms. The van der Waals surface area contributed by atoms with Gasteiger partial charge in [0.05, 0.1) is 0 Å². The fraction of sp³-hybridized carbons (Fsp3) is 0.938. The first-order valence-corrected chi connectivity index (χ1v) is 8.47. The van der Waals surface area contributed by atoms with Gasteiger partial charge >= 0.3 is 6.03 Å². The first-order chi connectivity index (χ1) is 10.1. The lowest BCUT2D eigenvalue weighted by Gasteiger charge is -2.36. The van der Waals surface area contributed by atoms with Crippen LogP contribution in [0.15, 0.2) is 0 Å². The van der Waals surface area contributed by atoms with Crippen LogP contribution in [0.4, 0.5) is 4.79 Å². The highest BCUT2D eigenvalue weighted by molar-refractivity contribution is 5.74. The SMILES string of the molecule is CC(C)N1CCCC(CNC(=O)N2CCC(CO)CC2)C1. The minimum atomic E-state index is 0.0769. The molecule has 2 aliphatic rings. The van der Waals surface area contributed by atoms with E-state index in [1.807, 2.05) is 4.90 Å². The molecule has 0 aromatic heterocycles. The van der Waals surface area contributed by atoms with Crippen molar-refractivity contribution in [1.29, 1.82) is 0 Å². The normalized spacial score (nSPS) is 25.3. The number of urea groups is 1. The van der Waals surface area contributed by atoms with Crippen molar-refractivity contribution in [3.8, 4) is 0 Å². The average Bonchev–Trinajstić information content (AvgIpc) is 2.53. The number of carbonyl (C=O) groups is 1. The zero-order chi connectivity index (χ0) is 15.2. The van der Waals surface area contributed by atoms with Crippen molar-refractivity contribution in [2.75, 3.05) is 39.3 Å². The van der Waals surface area contributed by atoms with Crippen LogP contribution in [0.5, 0.6) is 0 Å². The lowest BCUT2D eigenvalue weighted by molar-refractivity contribution is 0.126. The molecule has 0 bridgehead atoms. The molecule has 2 amide bonds. The molecule has 2 rings (SSSR count). The van der Waals surface area contributed by atoms with E-state index in [0.717, 1.165) is 39.0 Å². The van der Waals surface area contributed by atoms with E-state index in [9.17, 15) is 4.79 Å². The second-order valence-electron chi connectivity index (χ2n) is 6.90. The standard InChI is InChI=1S/C16H31N3O2/c1-13(2)19-7-3-4-15(11-19)10-17-16(21)18-8-5-14(12-20)6-9-18/h13-15,20H,3-12H2,1-2H3,(H,17,21). The molecule has 0 radical (unpaired) electrons. The van der Waals surface area contributed by atoms with Crippen LogP contribution in [0, 0.1) is 11.8 Å². The first-order valence-electron chi connectivity index (χ1n) is 8.47. The molecule has 2 fully saturated rings. The summed E-state index contributed by atoms with van der Waals surface area (Å²) in [5.74, 6) is 0.965. The van der Waals surface area contributed by atoms with Gasteiger partial charge in [0.2, 0.25) is 0 Å². The van der Waals surface area contributed by atoms with Gasteiger partial charge in [-0.3, -0.25) is 0 Å². The van der Waals surface area contributed by atoms with Gasteiger partial charge in [-0.25, -0.2) is 4.79 Å². The molecule has 1 atom stereocenters. The monoisotopic (exact) mass is 297 g/mol. The van der Waals surface area contributed by atoms with Crippen molar-refractivity contribution < 1.29 is 9.90 Å². The summed E-state index contributed by atoms with van der Waals surface area (Å²) in [6, 6.07) is 0.675. The van der Waals surface area contributed by atoms with Crippen molar-refractivity contribution >= 4 is 6.03 Å². The van der Waals surface area contributed by atoms with E-state index >= 15 is 0 Å². The van der Waals surface area contributed by atoms with Gasteiger partial charge < -0.3 is 20.2 Å². The number of amides is 2. The molecule has 0 aromatic carbocycles. The van der Waals surface area contributed by atoms with E-state index in [-0.39, 0.29) is 12.6 Å². The molecule has 1 unspecified atom stereocenters. The molecule has 2 saturated heterocycles. The molecule has 2 N–H and O–H groups in total. The number of hydrogen-bond donors (Lipinski definition) is 2. The Morgan fingerprint density at radius 2 is 1.90 bits per heavy atom. The second kappa shape index (κ2) is 7.99. The number of carbonyl (C=O) groups excluding carboxylic acids is 1. The summed E-state index contributed by atoms with van der Waals surface area (Å²) in [7, 11) is 0. The summed E-state index contributed by atoms with van der Waals surface area (Å²) in [6.45, 7) is 9.38. The zero-order valence-corrected chi connectivity index (χ0v) is 13.6. The third-order valence-corrected chi connectivity index (χ3v) is 4.98. The molecule has 0 saturated carbocycles. The van der Waals surface area contributed by atoms with Gasteiger partial charge in [-0.2, -0.15) is 0 Å². The molecular weight excluding hydrogens is 266 g/mol. The topological polar surface area (TPSA) is 55.8 Å². The summed E-state index contributed by atoms with van der Waals surface area (Å²) < 4.78 is 0. The predicted octanol–water partition coefficient (Wildman–Crippen LogP) is 1.52. The van der Waals surface area contributed by atoms with Gasteiger partial charge in [0.25, 0.3) is 0 Å².